The van der Waals surface area contributed by atoms with Gasteiger partial charge in [0.2, 0.25) is 5.13 Å². The van der Waals surface area contributed by atoms with Crippen LogP contribution >= 0.6 is 11.5 Å². The number of nitrogens with one attached hydrogen (secondary N) is 2. The molecule has 0 fully saturated rings. The van der Waals surface area contributed by atoms with Gasteiger partial charge in [0.25, 0.3) is 10.0 Å². The summed E-state index contributed by atoms with van der Waals surface area (Å²) in [4.78, 5) is 15.8. The second-order valence-electron chi connectivity index (χ2n) is 8.19. The first-order valence-corrected chi connectivity index (χ1v) is 13.1. The first-order valence-electron chi connectivity index (χ1n) is 10.9. The van der Waals surface area contributed by atoms with E-state index in [4.69, 9.17) is 4.42 Å². The van der Waals surface area contributed by atoms with Crippen molar-refractivity contribution in [1.29, 1.82) is 0 Å². The lowest BCUT2D eigenvalue weighted by molar-refractivity contribution is 0.405. The van der Waals surface area contributed by atoms with Crippen molar-refractivity contribution in [3.05, 3.63) is 69.7 Å². The predicted octanol–water partition coefficient (Wildman–Crippen LogP) is 2.85. The van der Waals surface area contributed by atoms with Gasteiger partial charge in [-0.15, -0.1) is 0 Å². The Morgan fingerprint density at radius 2 is 2.14 bits per heavy atom. The van der Waals surface area contributed by atoms with Crippen LogP contribution < -0.4 is 15.8 Å². The van der Waals surface area contributed by atoms with Crippen LogP contribution in [0, 0.1) is 5.82 Å². The van der Waals surface area contributed by atoms with Crippen LogP contribution in [0.2, 0.25) is 0 Å². The molecule has 13 heteroatoms. The largest absolute Gasteiger partial charge is 0.420 e. The van der Waals surface area contributed by atoms with E-state index in [1.807, 2.05) is 18.2 Å². The molecule has 0 radical (unpaired) electrons. The number of aromatic nitrogens is 3. The van der Waals surface area contributed by atoms with Gasteiger partial charge in [-0.05, 0) is 36.0 Å². The topological polar surface area (TPSA) is 119 Å². The number of fused-ring (bicyclic) bond motifs is 2. The molecule has 0 bridgehead atoms. The highest BCUT2D eigenvalue weighted by molar-refractivity contribution is 7.93. The van der Waals surface area contributed by atoms with Crippen LogP contribution in [0.25, 0.3) is 11.1 Å². The highest BCUT2D eigenvalue weighted by Gasteiger charge is 2.25. The number of alkyl halides is 1. The van der Waals surface area contributed by atoms with Crippen molar-refractivity contribution in [2.45, 2.75) is 36.7 Å². The zero-order chi connectivity index (χ0) is 24.6. The van der Waals surface area contributed by atoms with Gasteiger partial charge in [0.15, 0.2) is 5.58 Å². The minimum absolute atomic E-state index is 0.0170. The van der Waals surface area contributed by atoms with E-state index in [9.17, 15) is 22.0 Å². The molecule has 1 aliphatic rings. The zero-order valence-corrected chi connectivity index (χ0v) is 20.0. The minimum atomic E-state index is -4.32. The van der Waals surface area contributed by atoms with E-state index in [1.165, 1.54) is 10.9 Å². The van der Waals surface area contributed by atoms with E-state index < -0.39 is 33.2 Å². The number of rotatable bonds is 8. The van der Waals surface area contributed by atoms with Gasteiger partial charge in [-0.3, -0.25) is 9.29 Å². The summed E-state index contributed by atoms with van der Waals surface area (Å²) in [6.45, 7) is -0.0350. The molecule has 184 valence electrons. The van der Waals surface area contributed by atoms with Gasteiger partial charge in [-0.1, -0.05) is 18.2 Å². The van der Waals surface area contributed by atoms with Crippen molar-refractivity contribution in [2.24, 2.45) is 0 Å². The summed E-state index contributed by atoms with van der Waals surface area (Å²) in [6, 6.07) is 7.92. The number of oxazole rings is 1. The maximum atomic E-state index is 15.0. The van der Waals surface area contributed by atoms with E-state index in [-0.39, 0.29) is 35.4 Å². The van der Waals surface area contributed by atoms with Crippen molar-refractivity contribution < 1.29 is 21.6 Å². The van der Waals surface area contributed by atoms with Crippen LogP contribution in [0.5, 0.6) is 0 Å². The molecule has 4 aromatic rings. The number of hydrogen-bond acceptors (Lipinski definition) is 8. The fourth-order valence-corrected chi connectivity index (χ4v) is 6.16. The first kappa shape index (κ1) is 23.6. The molecule has 1 atom stereocenters. The lowest BCUT2D eigenvalue weighted by Gasteiger charge is -2.27. The summed E-state index contributed by atoms with van der Waals surface area (Å²) in [7, 11) is -4.32. The number of sulfonamides is 1. The Labute approximate surface area is 203 Å². The lowest BCUT2D eigenvalue weighted by atomic mass is 9.85. The van der Waals surface area contributed by atoms with Gasteiger partial charge in [0, 0.05) is 36.3 Å². The van der Waals surface area contributed by atoms with E-state index in [1.54, 1.807) is 0 Å². The Morgan fingerprint density at radius 3 is 2.91 bits per heavy atom. The number of hydrogen-bond donors (Lipinski definition) is 2. The smallest absolute Gasteiger partial charge is 0.408 e. The van der Waals surface area contributed by atoms with Crippen LogP contribution in [0.3, 0.4) is 0 Å². The Kier molecular flexibility index (Phi) is 6.38. The van der Waals surface area contributed by atoms with Gasteiger partial charge in [-0.2, -0.15) is 4.37 Å². The zero-order valence-electron chi connectivity index (χ0n) is 18.3. The third-order valence-electron chi connectivity index (χ3n) is 6.03. The Balaban J connectivity index is 1.49. The fourth-order valence-electron chi connectivity index (χ4n) is 4.42. The summed E-state index contributed by atoms with van der Waals surface area (Å²) in [5.74, 6) is -1.76. The summed E-state index contributed by atoms with van der Waals surface area (Å²) in [6.07, 6.45) is 3.57. The minimum Gasteiger partial charge on any atom is -0.408 e. The van der Waals surface area contributed by atoms with E-state index >= 15 is 0 Å². The second-order valence-corrected chi connectivity index (χ2v) is 10.6. The Morgan fingerprint density at radius 1 is 1.29 bits per heavy atom. The van der Waals surface area contributed by atoms with Gasteiger partial charge in [0.05, 0.1) is 12.1 Å². The normalized spacial score (nSPS) is 15.9. The van der Waals surface area contributed by atoms with Crippen LogP contribution in [0.15, 0.2) is 50.8 Å². The van der Waals surface area contributed by atoms with Gasteiger partial charge in [-0.25, -0.2) is 27.0 Å². The van der Waals surface area contributed by atoms with Crippen molar-refractivity contribution in [2.75, 3.05) is 17.9 Å². The number of benzene rings is 2. The molecule has 0 saturated carbocycles. The number of anilines is 1. The highest BCUT2D eigenvalue weighted by Crippen LogP contribution is 2.28. The number of aryl methyl sites for hydroxylation is 1. The highest BCUT2D eigenvalue weighted by atomic mass is 32.2. The summed E-state index contributed by atoms with van der Waals surface area (Å²) < 4.78 is 65.3. The molecule has 0 spiro atoms. The van der Waals surface area contributed by atoms with Gasteiger partial charge < -0.3 is 9.73 Å². The summed E-state index contributed by atoms with van der Waals surface area (Å²) in [5, 5.41) is 3.18. The van der Waals surface area contributed by atoms with E-state index in [0.29, 0.717) is 6.42 Å². The SMILES string of the molecule is O=c1oc2cc(S(=O)(=O)Nc3ncns3)c(F)cc2n1Cc1cccc2c1CC(NCCF)CC2. The molecule has 2 aromatic carbocycles. The molecule has 9 nitrogen and oxygen atoms in total. The molecule has 2 heterocycles. The van der Waals surface area contributed by atoms with Gasteiger partial charge >= 0.3 is 5.76 Å². The molecule has 35 heavy (non-hydrogen) atoms. The monoisotopic (exact) mass is 521 g/mol. The molecule has 5 rings (SSSR count). The van der Waals surface area contributed by atoms with Crippen molar-refractivity contribution in [3.8, 4) is 0 Å². The summed E-state index contributed by atoms with van der Waals surface area (Å²) >= 11 is 0.803. The van der Waals surface area contributed by atoms with Crippen LogP contribution in [0.1, 0.15) is 23.1 Å². The van der Waals surface area contributed by atoms with Crippen LogP contribution in [-0.2, 0) is 29.4 Å². The molecule has 0 aliphatic heterocycles. The predicted molar refractivity (Wildman–Crippen MR) is 126 cm³/mol. The van der Waals surface area contributed by atoms with Crippen molar-refractivity contribution in [3.63, 3.8) is 0 Å². The Bertz CT molecular complexity index is 1530. The molecule has 2 aromatic heterocycles. The van der Waals surface area contributed by atoms with E-state index in [2.05, 4.69) is 19.4 Å². The molecule has 0 amide bonds. The summed E-state index contributed by atoms with van der Waals surface area (Å²) in [5.41, 5.74) is 3.18. The molecule has 0 saturated heterocycles. The lowest BCUT2D eigenvalue weighted by Crippen LogP contribution is -2.36. The Hall–Kier alpha value is -3.16. The quantitative estimate of drug-likeness (QED) is 0.366. The van der Waals surface area contributed by atoms with Crippen LogP contribution in [-0.4, -0.2) is 41.6 Å². The molecular formula is C22H21F2N5O4S2. The average Bonchev–Trinajstić information content (AvgIpc) is 3.44. The van der Waals surface area contributed by atoms with E-state index in [0.717, 1.165) is 53.2 Å². The van der Waals surface area contributed by atoms with Crippen LogP contribution in [0.4, 0.5) is 13.9 Å². The molecular weight excluding hydrogens is 500 g/mol. The third kappa shape index (κ3) is 4.70. The van der Waals surface area contributed by atoms with Crippen molar-refractivity contribution in [1.82, 2.24) is 19.2 Å². The number of nitrogens with zero attached hydrogens (tertiary/aromatic N) is 3. The second kappa shape index (κ2) is 9.47. The fraction of sp³-hybridized carbons (Fsp3) is 0.318. The molecule has 1 unspecified atom stereocenters. The molecule has 1 aliphatic carbocycles. The van der Waals surface area contributed by atoms with Gasteiger partial charge in [0.1, 0.15) is 23.7 Å². The third-order valence-corrected chi connectivity index (χ3v) is 8.10. The maximum Gasteiger partial charge on any atom is 0.420 e. The van der Waals surface area contributed by atoms with Crippen molar-refractivity contribution >= 4 is 37.8 Å². The average molecular weight is 522 g/mol. The molecule has 2 N–H and O–H groups in total. The maximum absolute atomic E-state index is 15.0. The number of halogens is 2. The standard InChI is InChI=1S/C22H21F2N5O4S2/c23-6-7-25-15-5-4-13-2-1-3-14(16(13)8-15)11-29-18-9-17(24)20(10-19(18)33-22(29)30)35(31,32)28-21-26-12-27-34-21/h1-3,9-10,12,15,25H,4-8,11H2,(H,26,27,28). The first-order chi connectivity index (χ1) is 16.9.